The molecule has 0 unspecified atom stereocenters. The Bertz CT molecular complexity index is 292. The number of hydrogen-bond donors (Lipinski definition) is 0. The van der Waals surface area contributed by atoms with Crippen LogP contribution in [0.15, 0.2) is 34.5 Å². The van der Waals surface area contributed by atoms with Gasteiger partial charge < -0.3 is 0 Å². The van der Waals surface area contributed by atoms with Crippen molar-refractivity contribution in [2.45, 2.75) is 53.4 Å². The van der Waals surface area contributed by atoms with Crippen LogP contribution in [0.1, 0.15) is 53.4 Å². The van der Waals surface area contributed by atoms with Crippen molar-refractivity contribution in [3.05, 3.63) is 24.3 Å². The second kappa shape index (κ2) is 9.08. The van der Waals surface area contributed by atoms with Crippen LogP contribution in [0.2, 0.25) is 0 Å². The SMILES string of the molecule is C=CC(=C\CCCCC)/C(C)=N/N=C(C)C. The third-order valence-electron chi connectivity index (χ3n) is 2.21. The van der Waals surface area contributed by atoms with E-state index in [0.29, 0.717) is 0 Å². The summed E-state index contributed by atoms with van der Waals surface area (Å²) in [6, 6.07) is 0. The van der Waals surface area contributed by atoms with Gasteiger partial charge >= 0.3 is 0 Å². The van der Waals surface area contributed by atoms with Crippen molar-refractivity contribution in [3.63, 3.8) is 0 Å². The predicted molar refractivity (Wildman–Crippen MR) is 74.3 cm³/mol. The fourth-order valence-corrected chi connectivity index (χ4v) is 1.26. The summed E-state index contributed by atoms with van der Waals surface area (Å²) in [6.45, 7) is 11.9. The number of hydrogen-bond acceptors (Lipinski definition) is 2. The fraction of sp³-hybridized carbons (Fsp3) is 0.571. The lowest BCUT2D eigenvalue weighted by Crippen LogP contribution is -1.94. The van der Waals surface area contributed by atoms with Crippen LogP contribution in [-0.2, 0) is 0 Å². The quantitative estimate of drug-likeness (QED) is 0.260. The molecule has 0 aliphatic rings. The van der Waals surface area contributed by atoms with Crippen LogP contribution in [0.4, 0.5) is 0 Å². The minimum absolute atomic E-state index is 0.938. The molecule has 0 heterocycles. The molecule has 0 saturated heterocycles. The van der Waals surface area contributed by atoms with Gasteiger partial charge in [0, 0.05) is 5.71 Å². The van der Waals surface area contributed by atoms with E-state index in [9.17, 15) is 0 Å². The Morgan fingerprint density at radius 1 is 1.12 bits per heavy atom. The van der Waals surface area contributed by atoms with Gasteiger partial charge in [-0.1, -0.05) is 38.5 Å². The van der Waals surface area contributed by atoms with Gasteiger partial charge in [-0.25, -0.2) is 0 Å². The third-order valence-corrected chi connectivity index (χ3v) is 2.21. The molecule has 0 rings (SSSR count). The zero-order valence-electron chi connectivity index (χ0n) is 11.1. The highest BCUT2D eigenvalue weighted by Crippen LogP contribution is 2.06. The van der Waals surface area contributed by atoms with E-state index in [1.807, 2.05) is 26.8 Å². The molecule has 0 aliphatic heterocycles. The van der Waals surface area contributed by atoms with Crippen molar-refractivity contribution < 1.29 is 0 Å². The molecule has 0 fully saturated rings. The van der Waals surface area contributed by atoms with Gasteiger partial charge in [0.15, 0.2) is 0 Å². The number of nitrogens with zero attached hydrogens (tertiary/aromatic N) is 2. The molecule has 2 nitrogen and oxygen atoms in total. The molecular weight excluding hydrogens is 196 g/mol. The Balaban J connectivity index is 4.42. The Morgan fingerprint density at radius 3 is 2.31 bits per heavy atom. The molecule has 0 saturated carbocycles. The van der Waals surface area contributed by atoms with Crippen molar-refractivity contribution in [1.29, 1.82) is 0 Å². The van der Waals surface area contributed by atoms with Crippen LogP contribution in [0.25, 0.3) is 0 Å². The molecular formula is C14H24N2. The van der Waals surface area contributed by atoms with Gasteiger partial charge in [-0.3, -0.25) is 0 Å². The van der Waals surface area contributed by atoms with Gasteiger partial charge in [0.1, 0.15) is 0 Å². The summed E-state index contributed by atoms with van der Waals surface area (Å²) in [6.07, 6.45) is 8.91. The smallest absolute Gasteiger partial charge is 0.0668 e. The first-order chi connectivity index (χ1) is 7.61. The minimum Gasteiger partial charge on any atom is -0.160 e. The van der Waals surface area contributed by atoms with Crippen LogP contribution in [0.3, 0.4) is 0 Å². The maximum absolute atomic E-state index is 4.16. The summed E-state index contributed by atoms with van der Waals surface area (Å²) in [4.78, 5) is 0. The summed E-state index contributed by atoms with van der Waals surface area (Å²) < 4.78 is 0. The molecule has 0 aromatic carbocycles. The second-order valence-corrected chi connectivity index (χ2v) is 4.09. The van der Waals surface area contributed by atoms with Crippen LogP contribution in [0.5, 0.6) is 0 Å². The van der Waals surface area contributed by atoms with Gasteiger partial charge in [-0.15, -0.1) is 0 Å². The van der Waals surface area contributed by atoms with E-state index in [0.717, 1.165) is 23.4 Å². The molecule has 0 aliphatic carbocycles. The van der Waals surface area contributed by atoms with Crippen LogP contribution in [0, 0.1) is 0 Å². The number of unbranched alkanes of at least 4 members (excludes halogenated alkanes) is 3. The second-order valence-electron chi connectivity index (χ2n) is 4.09. The summed E-state index contributed by atoms with van der Waals surface area (Å²) in [5.74, 6) is 0. The van der Waals surface area contributed by atoms with Gasteiger partial charge in [-0.05, 0) is 39.2 Å². The van der Waals surface area contributed by atoms with Crippen molar-refractivity contribution in [1.82, 2.24) is 0 Å². The van der Waals surface area contributed by atoms with E-state index >= 15 is 0 Å². The molecule has 90 valence electrons. The normalized spacial score (nSPS) is 12.5. The molecule has 16 heavy (non-hydrogen) atoms. The largest absolute Gasteiger partial charge is 0.160 e. The molecule has 0 radical (unpaired) electrons. The fourth-order valence-electron chi connectivity index (χ4n) is 1.26. The third kappa shape index (κ3) is 7.16. The van der Waals surface area contributed by atoms with Crippen molar-refractivity contribution in [2.24, 2.45) is 10.2 Å². The van der Waals surface area contributed by atoms with E-state index in [1.165, 1.54) is 19.3 Å². The molecule has 0 aromatic heterocycles. The monoisotopic (exact) mass is 220 g/mol. The molecule has 0 aromatic rings. The maximum Gasteiger partial charge on any atom is 0.0668 e. The molecule has 0 amide bonds. The van der Waals surface area contributed by atoms with Gasteiger partial charge in [0.2, 0.25) is 0 Å². The first-order valence-corrected chi connectivity index (χ1v) is 6.00. The zero-order valence-corrected chi connectivity index (χ0v) is 11.1. The Labute approximate surface area is 99.9 Å². The maximum atomic E-state index is 4.16. The van der Waals surface area contributed by atoms with Crippen molar-refractivity contribution in [2.75, 3.05) is 0 Å². The Hall–Kier alpha value is -1.18. The molecule has 0 bridgehead atoms. The van der Waals surface area contributed by atoms with Gasteiger partial charge in [-0.2, -0.15) is 10.2 Å². The van der Waals surface area contributed by atoms with Crippen LogP contribution in [-0.4, -0.2) is 11.4 Å². The lowest BCUT2D eigenvalue weighted by molar-refractivity contribution is 0.728. The standard InChI is InChI=1S/C14H24N2/c1-6-8-9-10-11-14(7-2)13(5)16-15-12(3)4/h7,11H,2,6,8-10H2,1,3-5H3/b14-11+,16-13+. The van der Waals surface area contributed by atoms with Crippen LogP contribution >= 0.6 is 0 Å². The highest BCUT2D eigenvalue weighted by molar-refractivity contribution is 6.00. The minimum atomic E-state index is 0.938. The molecule has 0 N–H and O–H groups in total. The zero-order chi connectivity index (χ0) is 12.4. The van der Waals surface area contributed by atoms with Crippen LogP contribution < -0.4 is 0 Å². The van der Waals surface area contributed by atoms with Crippen molar-refractivity contribution >= 4 is 11.4 Å². The average molecular weight is 220 g/mol. The molecule has 0 spiro atoms. The van der Waals surface area contributed by atoms with E-state index < -0.39 is 0 Å². The lowest BCUT2D eigenvalue weighted by Gasteiger charge is -2.00. The lowest BCUT2D eigenvalue weighted by atomic mass is 10.1. The predicted octanol–water partition coefficient (Wildman–Crippen LogP) is 4.54. The number of allylic oxidation sites excluding steroid dienone is 3. The highest BCUT2D eigenvalue weighted by atomic mass is 15.2. The summed E-state index contributed by atoms with van der Waals surface area (Å²) >= 11 is 0. The summed E-state index contributed by atoms with van der Waals surface area (Å²) in [5.41, 5.74) is 3.00. The molecule has 0 atom stereocenters. The van der Waals surface area contributed by atoms with E-state index in [2.05, 4.69) is 29.8 Å². The Morgan fingerprint density at radius 2 is 1.81 bits per heavy atom. The average Bonchev–Trinajstić information content (AvgIpc) is 2.26. The first kappa shape index (κ1) is 14.8. The first-order valence-electron chi connectivity index (χ1n) is 6.00. The summed E-state index contributed by atoms with van der Waals surface area (Å²) in [7, 11) is 0. The van der Waals surface area contributed by atoms with Crippen molar-refractivity contribution in [3.8, 4) is 0 Å². The van der Waals surface area contributed by atoms with E-state index in [1.54, 1.807) is 0 Å². The summed E-state index contributed by atoms with van der Waals surface area (Å²) in [5, 5.41) is 8.21. The Kier molecular flexibility index (Phi) is 8.41. The van der Waals surface area contributed by atoms with E-state index in [-0.39, 0.29) is 0 Å². The van der Waals surface area contributed by atoms with Gasteiger partial charge in [0.25, 0.3) is 0 Å². The molecule has 2 heteroatoms. The van der Waals surface area contributed by atoms with E-state index in [4.69, 9.17) is 0 Å². The topological polar surface area (TPSA) is 24.7 Å². The number of rotatable bonds is 7. The van der Waals surface area contributed by atoms with Gasteiger partial charge in [0.05, 0.1) is 5.71 Å². The highest BCUT2D eigenvalue weighted by Gasteiger charge is 1.96.